The topological polar surface area (TPSA) is 29.5 Å². The number of rotatable bonds is 5. The highest BCUT2D eigenvalue weighted by Crippen LogP contribution is 2.13. The van der Waals surface area contributed by atoms with Crippen LogP contribution in [0.1, 0.15) is 25.8 Å². The van der Waals surface area contributed by atoms with E-state index < -0.39 is 0 Å². The highest BCUT2D eigenvalue weighted by molar-refractivity contribution is 5.27. The van der Waals surface area contributed by atoms with Gasteiger partial charge in [-0.3, -0.25) is 0 Å². The molecule has 1 aromatic carbocycles. The molecule has 0 amide bonds. The van der Waals surface area contributed by atoms with Crippen LogP contribution in [0.5, 0.6) is 5.75 Å². The van der Waals surface area contributed by atoms with Crippen molar-refractivity contribution in [2.45, 2.75) is 32.8 Å². The number of aliphatic hydroxyl groups excluding tert-OH is 1. The highest BCUT2D eigenvalue weighted by Gasteiger charge is 2.02. The van der Waals surface area contributed by atoms with Crippen LogP contribution in [0.15, 0.2) is 24.3 Å². The van der Waals surface area contributed by atoms with Crippen LogP contribution in [0.25, 0.3) is 0 Å². The number of hydrogen-bond donors (Lipinski definition) is 1. The summed E-state index contributed by atoms with van der Waals surface area (Å²) in [4.78, 5) is 0. The Hall–Kier alpha value is -1.02. The summed E-state index contributed by atoms with van der Waals surface area (Å²) >= 11 is 0. The minimum Gasteiger partial charge on any atom is -0.494 e. The molecule has 2 heteroatoms. The van der Waals surface area contributed by atoms with Crippen molar-refractivity contribution in [3.05, 3.63) is 29.8 Å². The fourth-order valence-electron chi connectivity index (χ4n) is 1.30. The van der Waals surface area contributed by atoms with Crippen molar-refractivity contribution < 1.29 is 9.84 Å². The quantitative estimate of drug-likeness (QED) is 0.780. The molecule has 0 aromatic heterocycles. The second kappa shape index (κ2) is 5.66. The molecule has 2 nitrogen and oxygen atoms in total. The Kier molecular flexibility index (Phi) is 4.47. The fraction of sp³-hybridized carbons (Fsp3) is 0.500. The van der Waals surface area contributed by atoms with Gasteiger partial charge in [-0.15, -0.1) is 0 Å². The lowest BCUT2D eigenvalue weighted by atomic mass is 10.1. The molecule has 1 rings (SSSR count). The summed E-state index contributed by atoms with van der Waals surface area (Å²) in [5, 5.41) is 9.45. The SMILES string of the molecule is CCOc1ccc(CC(O)CC)cc1. The van der Waals surface area contributed by atoms with Crippen molar-refractivity contribution in [2.75, 3.05) is 6.61 Å². The van der Waals surface area contributed by atoms with Crippen LogP contribution >= 0.6 is 0 Å². The average Bonchev–Trinajstić information content (AvgIpc) is 2.21. The van der Waals surface area contributed by atoms with Gasteiger partial charge in [0.2, 0.25) is 0 Å². The molecule has 1 unspecified atom stereocenters. The van der Waals surface area contributed by atoms with Crippen LogP contribution in [0.2, 0.25) is 0 Å². The molecule has 0 heterocycles. The van der Waals surface area contributed by atoms with E-state index in [9.17, 15) is 5.11 Å². The van der Waals surface area contributed by atoms with Crippen molar-refractivity contribution in [1.82, 2.24) is 0 Å². The predicted molar refractivity (Wildman–Crippen MR) is 57.6 cm³/mol. The summed E-state index contributed by atoms with van der Waals surface area (Å²) < 4.78 is 5.33. The molecule has 0 saturated heterocycles. The van der Waals surface area contributed by atoms with Crippen LogP contribution in [-0.4, -0.2) is 17.8 Å². The molecular formula is C12H18O2. The van der Waals surface area contributed by atoms with Gasteiger partial charge in [-0.2, -0.15) is 0 Å². The summed E-state index contributed by atoms with van der Waals surface area (Å²) in [5.74, 6) is 0.891. The van der Waals surface area contributed by atoms with E-state index in [2.05, 4.69) is 0 Å². The van der Waals surface area contributed by atoms with E-state index in [1.165, 1.54) is 0 Å². The van der Waals surface area contributed by atoms with E-state index in [0.29, 0.717) is 6.61 Å². The van der Waals surface area contributed by atoms with Gasteiger partial charge in [-0.05, 0) is 37.5 Å². The number of hydrogen-bond acceptors (Lipinski definition) is 2. The van der Waals surface area contributed by atoms with Gasteiger partial charge >= 0.3 is 0 Å². The van der Waals surface area contributed by atoms with Crippen molar-refractivity contribution in [1.29, 1.82) is 0 Å². The summed E-state index contributed by atoms with van der Waals surface area (Å²) in [6, 6.07) is 7.90. The zero-order valence-electron chi connectivity index (χ0n) is 8.86. The molecule has 1 atom stereocenters. The molecule has 14 heavy (non-hydrogen) atoms. The molecule has 1 N–H and O–H groups in total. The van der Waals surface area contributed by atoms with E-state index in [1.54, 1.807) is 0 Å². The maximum absolute atomic E-state index is 9.45. The summed E-state index contributed by atoms with van der Waals surface area (Å²) in [5.41, 5.74) is 1.16. The third-order valence-electron chi connectivity index (χ3n) is 2.18. The van der Waals surface area contributed by atoms with Gasteiger partial charge in [0, 0.05) is 0 Å². The molecule has 0 spiro atoms. The molecule has 0 saturated carbocycles. The Bertz CT molecular complexity index is 254. The molecule has 1 aromatic rings. The first-order valence-corrected chi connectivity index (χ1v) is 5.16. The monoisotopic (exact) mass is 194 g/mol. The van der Waals surface area contributed by atoms with Crippen LogP contribution in [0, 0.1) is 0 Å². The standard InChI is InChI=1S/C12H18O2/c1-3-11(13)9-10-5-7-12(8-6-10)14-4-2/h5-8,11,13H,3-4,9H2,1-2H3. The van der Waals surface area contributed by atoms with Crippen molar-refractivity contribution in [2.24, 2.45) is 0 Å². The fourth-order valence-corrected chi connectivity index (χ4v) is 1.30. The third kappa shape index (κ3) is 3.38. The zero-order valence-corrected chi connectivity index (χ0v) is 8.86. The summed E-state index contributed by atoms with van der Waals surface area (Å²) in [6.45, 7) is 4.64. The van der Waals surface area contributed by atoms with Crippen LogP contribution in [-0.2, 0) is 6.42 Å². The minimum atomic E-state index is -0.229. The number of ether oxygens (including phenoxy) is 1. The predicted octanol–water partition coefficient (Wildman–Crippen LogP) is 2.40. The molecule has 0 aliphatic carbocycles. The van der Waals surface area contributed by atoms with Gasteiger partial charge in [0.1, 0.15) is 5.75 Å². The second-order valence-corrected chi connectivity index (χ2v) is 3.34. The first kappa shape index (κ1) is 11.1. The zero-order chi connectivity index (χ0) is 10.4. The normalized spacial score (nSPS) is 12.5. The van der Waals surface area contributed by atoms with E-state index in [4.69, 9.17) is 4.74 Å². The third-order valence-corrected chi connectivity index (χ3v) is 2.18. The number of benzene rings is 1. The molecular weight excluding hydrogens is 176 g/mol. The van der Waals surface area contributed by atoms with E-state index in [-0.39, 0.29) is 6.10 Å². The second-order valence-electron chi connectivity index (χ2n) is 3.34. The van der Waals surface area contributed by atoms with E-state index in [1.807, 2.05) is 38.1 Å². The van der Waals surface area contributed by atoms with Crippen molar-refractivity contribution >= 4 is 0 Å². The maximum Gasteiger partial charge on any atom is 0.119 e. The molecule has 0 fully saturated rings. The van der Waals surface area contributed by atoms with Gasteiger partial charge in [-0.1, -0.05) is 19.1 Å². The van der Waals surface area contributed by atoms with E-state index in [0.717, 1.165) is 24.2 Å². The lowest BCUT2D eigenvalue weighted by Crippen LogP contribution is -2.08. The Balaban J connectivity index is 2.54. The Labute approximate surface area is 85.5 Å². The van der Waals surface area contributed by atoms with Gasteiger partial charge in [0.25, 0.3) is 0 Å². The van der Waals surface area contributed by atoms with Crippen LogP contribution in [0.4, 0.5) is 0 Å². The first-order valence-electron chi connectivity index (χ1n) is 5.16. The molecule has 0 aliphatic heterocycles. The lowest BCUT2D eigenvalue weighted by molar-refractivity contribution is 0.171. The van der Waals surface area contributed by atoms with Gasteiger partial charge < -0.3 is 9.84 Å². The Morgan fingerprint density at radius 1 is 1.21 bits per heavy atom. The van der Waals surface area contributed by atoms with E-state index >= 15 is 0 Å². The molecule has 0 bridgehead atoms. The van der Waals surface area contributed by atoms with Gasteiger partial charge in [0.15, 0.2) is 0 Å². The van der Waals surface area contributed by atoms with Crippen molar-refractivity contribution in [3.8, 4) is 5.75 Å². The smallest absolute Gasteiger partial charge is 0.119 e. The molecule has 0 aliphatic rings. The minimum absolute atomic E-state index is 0.229. The van der Waals surface area contributed by atoms with Crippen LogP contribution < -0.4 is 4.74 Å². The highest BCUT2D eigenvalue weighted by atomic mass is 16.5. The van der Waals surface area contributed by atoms with Crippen LogP contribution in [0.3, 0.4) is 0 Å². The number of aliphatic hydroxyl groups is 1. The summed E-state index contributed by atoms with van der Waals surface area (Å²) in [7, 11) is 0. The largest absolute Gasteiger partial charge is 0.494 e. The maximum atomic E-state index is 9.45. The van der Waals surface area contributed by atoms with Gasteiger partial charge in [-0.25, -0.2) is 0 Å². The lowest BCUT2D eigenvalue weighted by Gasteiger charge is -2.08. The molecule has 0 radical (unpaired) electrons. The average molecular weight is 194 g/mol. The Morgan fingerprint density at radius 2 is 1.86 bits per heavy atom. The Morgan fingerprint density at radius 3 is 2.36 bits per heavy atom. The van der Waals surface area contributed by atoms with Gasteiger partial charge in [0.05, 0.1) is 12.7 Å². The molecule has 78 valence electrons. The summed E-state index contributed by atoms with van der Waals surface area (Å²) in [6.07, 6.45) is 1.30. The first-order chi connectivity index (χ1) is 6.76. The van der Waals surface area contributed by atoms with Crippen molar-refractivity contribution in [3.63, 3.8) is 0 Å².